The molecular weight excluding hydrogens is 268 g/mol. The van der Waals surface area contributed by atoms with E-state index in [1.165, 1.54) is 0 Å². The average molecular weight is 296 g/mol. The normalized spacial score (nSPS) is 21.8. The third-order valence-electron chi connectivity index (χ3n) is 4.19. The molecule has 1 heterocycles. The van der Waals surface area contributed by atoms with Crippen LogP contribution in [0.25, 0.3) is 0 Å². The molecule has 1 unspecified atom stereocenters. The molecule has 2 N–H and O–H groups in total. The van der Waals surface area contributed by atoms with Crippen LogP contribution in [0.2, 0.25) is 0 Å². The van der Waals surface area contributed by atoms with Crippen LogP contribution in [-0.4, -0.2) is 73.0 Å². The first-order valence-electron chi connectivity index (χ1n) is 8.13. The first-order valence-corrected chi connectivity index (χ1v) is 8.13. The SMILES string of the molecule is CCCNC(=O)C(C)N1CCN(CC(=O)NC2CC2)CC1. The average Bonchev–Trinajstić information content (AvgIpc) is 3.28. The van der Waals surface area contributed by atoms with Gasteiger partial charge in [0.2, 0.25) is 11.8 Å². The van der Waals surface area contributed by atoms with Crippen LogP contribution < -0.4 is 10.6 Å². The molecule has 0 radical (unpaired) electrons. The van der Waals surface area contributed by atoms with Crippen molar-refractivity contribution in [3.8, 4) is 0 Å². The van der Waals surface area contributed by atoms with Gasteiger partial charge in [-0.2, -0.15) is 0 Å². The standard InChI is InChI=1S/C15H28N4O2/c1-3-6-16-15(21)12(2)19-9-7-18(8-10-19)11-14(20)17-13-4-5-13/h12-13H,3-11H2,1-2H3,(H,16,21)(H,17,20). The van der Waals surface area contributed by atoms with Gasteiger partial charge in [-0.1, -0.05) is 6.92 Å². The van der Waals surface area contributed by atoms with Gasteiger partial charge in [0.25, 0.3) is 0 Å². The van der Waals surface area contributed by atoms with Crippen molar-refractivity contribution in [1.82, 2.24) is 20.4 Å². The zero-order valence-corrected chi connectivity index (χ0v) is 13.2. The van der Waals surface area contributed by atoms with Crippen molar-refractivity contribution in [1.29, 1.82) is 0 Å². The minimum atomic E-state index is -0.0843. The van der Waals surface area contributed by atoms with Gasteiger partial charge in [0.1, 0.15) is 0 Å². The van der Waals surface area contributed by atoms with Gasteiger partial charge >= 0.3 is 0 Å². The van der Waals surface area contributed by atoms with Crippen molar-refractivity contribution in [2.24, 2.45) is 0 Å². The highest BCUT2D eigenvalue weighted by atomic mass is 16.2. The van der Waals surface area contributed by atoms with E-state index in [1.54, 1.807) is 0 Å². The lowest BCUT2D eigenvalue weighted by molar-refractivity contribution is -0.128. The fourth-order valence-corrected chi connectivity index (χ4v) is 2.57. The van der Waals surface area contributed by atoms with Crippen LogP contribution in [0.15, 0.2) is 0 Å². The molecule has 1 atom stereocenters. The van der Waals surface area contributed by atoms with E-state index in [0.29, 0.717) is 12.6 Å². The Bertz CT molecular complexity index is 363. The number of nitrogens with zero attached hydrogens (tertiary/aromatic N) is 2. The Balaban J connectivity index is 1.66. The van der Waals surface area contributed by atoms with Gasteiger partial charge in [-0.05, 0) is 26.2 Å². The molecule has 21 heavy (non-hydrogen) atoms. The smallest absolute Gasteiger partial charge is 0.237 e. The van der Waals surface area contributed by atoms with Crippen LogP contribution in [0, 0.1) is 0 Å². The predicted molar refractivity (Wildman–Crippen MR) is 81.9 cm³/mol. The van der Waals surface area contributed by atoms with Crippen molar-refractivity contribution in [2.75, 3.05) is 39.3 Å². The number of carbonyl (C=O) groups is 2. The first kappa shape index (κ1) is 16.2. The van der Waals surface area contributed by atoms with E-state index in [4.69, 9.17) is 0 Å². The van der Waals surface area contributed by atoms with Gasteiger partial charge in [0, 0.05) is 38.8 Å². The summed E-state index contributed by atoms with van der Waals surface area (Å²) in [5, 5.41) is 5.96. The van der Waals surface area contributed by atoms with Crippen LogP contribution in [0.3, 0.4) is 0 Å². The van der Waals surface area contributed by atoms with Crippen molar-refractivity contribution in [3.63, 3.8) is 0 Å². The second-order valence-corrected chi connectivity index (χ2v) is 6.12. The minimum Gasteiger partial charge on any atom is -0.355 e. The van der Waals surface area contributed by atoms with Gasteiger partial charge in [-0.15, -0.1) is 0 Å². The molecule has 2 fully saturated rings. The topological polar surface area (TPSA) is 64.7 Å². The Morgan fingerprint density at radius 1 is 1.19 bits per heavy atom. The summed E-state index contributed by atoms with van der Waals surface area (Å²) >= 11 is 0. The molecule has 0 spiro atoms. The monoisotopic (exact) mass is 296 g/mol. The predicted octanol–water partition coefficient (Wildman–Crippen LogP) is -0.203. The van der Waals surface area contributed by atoms with E-state index in [9.17, 15) is 9.59 Å². The number of rotatable bonds is 7. The van der Waals surface area contributed by atoms with Crippen LogP contribution in [-0.2, 0) is 9.59 Å². The number of piperazine rings is 1. The van der Waals surface area contributed by atoms with Crippen molar-refractivity contribution < 1.29 is 9.59 Å². The molecule has 6 heteroatoms. The molecule has 0 aromatic carbocycles. The molecule has 1 aliphatic carbocycles. The Hall–Kier alpha value is -1.14. The maximum atomic E-state index is 12.0. The number of carbonyl (C=O) groups excluding carboxylic acids is 2. The quantitative estimate of drug-likeness (QED) is 0.683. The minimum absolute atomic E-state index is 0.0843. The number of nitrogens with one attached hydrogen (secondary N) is 2. The van der Waals surface area contributed by atoms with Crippen LogP contribution >= 0.6 is 0 Å². The third kappa shape index (κ3) is 5.28. The van der Waals surface area contributed by atoms with E-state index < -0.39 is 0 Å². The molecule has 6 nitrogen and oxygen atoms in total. The zero-order chi connectivity index (χ0) is 15.2. The molecule has 2 rings (SSSR count). The van der Waals surface area contributed by atoms with Gasteiger partial charge in [0.15, 0.2) is 0 Å². The van der Waals surface area contributed by atoms with E-state index in [1.807, 2.05) is 6.92 Å². The van der Waals surface area contributed by atoms with E-state index in [-0.39, 0.29) is 17.9 Å². The maximum Gasteiger partial charge on any atom is 0.237 e. The molecule has 120 valence electrons. The highest BCUT2D eigenvalue weighted by Gasteiger charge is 2.27. The summed E-state index contributed by atoms with van der Waals surface area (Å²) in [6, 6.07) is 0.347. The number of amides is 2. The van der Waals surface area contributed by atoms with Crippen molar-refractivity contribution in [3.05, 3.63) is 0 Å². The Morgan fingerprint density at radius 3 is 2.43 bits per heavy atom. The molecular formula is C15H28N4O2. The van der Waals surface area contributed by atoms with Crippen molar-refractivity contribution in [2.45, 2.75) is 45.2 Å². The molecule has 1 aliphatic heterocycles. The molecule has 0 aromatic heterocycles. The van der Waals surface area contributed by atoms with Gasteiger partial charge in [-0.25, -0.2) is 0 Å². The fraction of sp³-hybridized carbons (Fsp3) is 0.867. The van der Waals surface area contributed by atoms with E-state index in [0.717, 1.165) is 52.0 Å². The molecule has 2 amide bonds. The van der Waals surface area contributed by atoms with E-state index in [2.05, 4.69) is 27.4 Å². The largest absolute Gasteiger partial charge is 0.355 e. The summed E-state index contributed by atoms with van der Waals surface area (Å²) < 4.78 is 0. The lowest BCUT2D eigenvalue weighted by Gasteiger charge is -2.37. The molecule has 1 saturated heterocycles. The lowest BCUT2D eigenvalue weighted by Crippen LogP contribution is -2.55. The fourth-order valence-electron chi connectivity index (χ4n) is 2.57. The maximum absolute atomic E-state index is 12.0. The molecule has 1 saturated carbocycles. The van der Waals surface area contributed by atoms with Gasteiger partial charge in [0.05, 0.1) is 12.6 Å². The zero-order valence-electron chi connectivity index (χ0n) is 13.2. The third-order valence-corrected chi connectivity index (χ3v) is 4.19. The Kier molecular flexibility index (Phi) is 5.99. The Morgan fingerprint density at radius 2 is 1.86 bits per heavy atom. The lowest BCUT2D eigenvalue weighted by atomic mass is 10.2. The summed E-state index contributed by atoms with van der Waals surface area (Å²) in [6.07, 6.45) is 3.22. The highest BCUT2D eigenvalue weighted by molar-refractivity contribution is 5.81. The summed E-state index contributed by atoms with van der Waals surface area (Å²) in [5.41, 5.74) is 0. The molecule has 0 aromatic rings. The summed E-state index contributed by atoms with van der Waals surface area (Å²) in [6.45, 7) is 8.63. The number of hydrogen-bond donors (Lipinski definition) is 2. The highest BCUT2D eigenvalue weighted by Crippen LogP contribution is 2.18. The van der Waals surface area contributed by atoms with Gasteiger partial charge < -0.3 is 10.6 Å². The number of hydrogen-bond acceptors (Lipinski definition) is 4. The summed E-state index contributed by atoms with van der Waals surface area (Å²) in [4.78, 5) is 28.1. The summed E-state index contributed by atoms with van der Waals surface area (Å²) in [7, 11) is 0. The van der Waals surface area contributed by atoms with Crippen LogP contribution in [0.5, 0.6) is 0 Å². The van der Waals surface area contributed by atoms with Crippen LogP contribution in [0.4, 0.5) is 0 Å². The van der Waals surface area contributed by atoms with Gasteiger partial charge in [-0.3, -0.25) is 19.4 Å². The molecule has 0 bridgehead atoms. The molecule has 2 aliphatic rings. The second kappa shape index (κ2) is 7.75. The van der Waals surface area contributed by atoms with E-state index >= 15 is 0 Å². The Labute approximate surface area is 127 Å². The van der Waals surface area contributed by atoms with Crippen molar-refractivity contribution >= 4 is 11.8 Å². The second-order valence-electron chi connectivity index (χ2n) is 6.12. The first-order chi connectivity index (χ1) is 10.1. The van der Waals surface area contributed by atoms with Crippen LogP contribution in [0.1, 0.15) is 33.1 Å². The summed E-state index contributed by atoms with van der Waals surface area (Å²) in [5.74, 6) is 0.247.